The van der Waals surface area contributed by atoms with Crippen LogP contribution in [0.15, 0.2) is 12.2 Å². The number of aliphatic hydroxyl groups excluding tert-OH is 1. The van der Waals surface area contributed by atoms with Crippen molar-refractivity contribution in [2.24, 2.45) is 5.73 Å². The number of aliphatic carboxylic acids is 1. The van der Waals surface area contributed by atoms with Gasteiger partial charge in [-0.05, 0) is 51.5 Å². The highest BCUT2D eigenvalue weighted by molar-refractivity contribution is 5.83. The quantitative estimate of drug-likeness (QED) is 0.0241. The lowest BCUT2D eigenvalue weighted by Crippen LogP contribution is -2.08. The van der Waals surface area contributed by atoms with Crippen LogP contribution in [0, 0.1) is 0 Å². The van der Waals surface area contributed by atoms with Gasteiger partial charge in [-0.2, -0.15) is 0 Å². The van der Waals surface area contributed by atoms with Crippen LogP contribution in [0.1, 0.15) is 291 Å². The number of carbonyl (C=O) groups is 3. The Morgan fingerprint density at radius 1 is 0.475 bits per heavy atom. The van der Waals surface area contributed by atoms with E-state index in [9.17, 15) is 19.5 Å². The fraction of sp³-hybridized carbons (Fsp3) is 0.904. The van der Waals surface area contributed by atoms with Gasteiger partial charge in [-0.25, -0.2) is 0 Å². The molecule has 0 aliphatic carbocycles. The van der Waals surface area contributed by atoms with Crippen molar-refractivity contribution in [3.05, 3.63) is 12.2 Å². The van der Waals surface area contributed by atoms with Crippen LogP contribution in [0.25, 0.3) is 0 Å². The second-order valence-electron chi connectivity index (χ2n) is 17.3. The summed E-state index contributed by atoms with van der Waals surface area (Å²) in [6.45, 7) is 8.88. The zero-order valence-corrected chi connectivity index (χ0v) is 40.0. The molecule has 352 valence electrons. The number of hydrogen-bond acceptors (Lipinski definition) is 6. The summed E-state index contributed by atoms with van der Waals surface area (Å²) in [6.07, 6.45) is 54.3. The maximum Gasteiger partial charge on any atom is 0.313 e. The Morgan fingerprint density at radius 2 is 0.814 bits per heavy atom. The van der Waals surface area contributed by atoms with Crippen LogP contribution >= 0.6 is 0 Å². The van der Waals surface area contributed by atoms with Crippen molar-refractivity contribution in [3.8, 4) is 0 Å². The number of carboxylic acid groups (broad SMARTS) is 1. The fourth-order valence-corrected chi connectivity index (χ4v) is 7.20. The van der Waals surface area contributed by atoms with Gasteiger partial charge < -0.3 is 20.7 Å². The molecule has 0 spiro atoms. The lowest BCUT2D eigenvalue weighted by molar-refractivity contribution is -0.158. The molecule has 0 unspecified atom stereocenters. The average molecular weight is 838 g/mol. The molecule has 0 radical (unpaired) electrons. The van der Waals surface area contributed by atoms with E-state index in [4.69, 9.17) is 10.8 Å². The van der Waals surface area contributed by atoms with Gasteiger partial charge in [0.05, 0.1) is 6.10 Å². The molecule has 0 aromatic rings. The summed E-state index contributed by atoms with van der Waals surface area (Å²) in [6, 6.07) is 0. The van der Waals surface area contributed by atoms with E-state index in [1.165, 1.54) is 193 Å². The van der Waals surface area contributed by atoms with E-state index in [0.29, 0.717) is 12.8 Å². The first-order valence-corrected chi connectivity index (χ1v) is 25.7. The highest BCUT2D eigenvalue weighted by Crippen LogP contribution is 2.15. The molecular formula is C52H103NO6. The number of allylic oxidation sites excluding steroid dienone is 1. The molecular weight excluding hydrogens is 735 g/mol. The van der Waals surface area contributed by atoms with Crippen LogP contribution in [0.2, 0.25) is 0 Å². The Bertz CT molecular complexity index is 848. The number of esters is 2. The number of unbranched alkanes of at least 4 members (excludes halogenated alkanes) is 33. The zero-order valence-electron chi connectivity index (χ0n) is 40.0. The number of ether oxygens (including phenoxy) is 1. The molecule has 1 atom stereocenters. The van der Waals surface area contributed by atoms with Crippen molar-refractivity contribution in [2.75, 3.05) is 6.54 Å². The third-order valence-electron chi connectivity index (χ3n) is 11.0. The summed E-state index contributed by atoms with van der Waals surface area (Å²) in [5.41, 5.74) is 5.47. The van der Waals surface area contributed by atoms with Gasteiger partial charge in [-0.15, -0.1) is 0 Å². The van der Waals surface area contributed by atoms with E-state index in [2.05, 4.69) is 37.7 Å². The maximum absolute atomic E-state index is 11.1. The van der Waals surface area contributed by atoms with Crippen molar-refractivity contribution < 1.29 is 29.3 Å². The van der Waals surface area contributed by atoms with Gasteiger partial charge in [0.2, 0.25) is 0 Å². The minimum atomic E-state index is -0.689. The summed E-state index contributed by atoms with van der Waals surface area (Å²) >= 11 is 0. The molecule has 7 heteroatoms. The predicted octanol–water partition coefficient (Wildman–Crippen LogP) is 16.1. The molecule has 0 rings (SSSR count). The highest BCUT2D eigenvalue weighted by Gasteiger charge is 2.05. The molecule has 0 saturated heterocycles. The second-order valence-corrected chi connectivity index (χ2v) is 17.3. The van der Waals surface area contributed by atoms with Crippen molar-refractivity contribution >= 4 is 17.9 Å². The molecule has 0 aliphatic heterocycles. The van der Waals surface area contributed by atoms with Crippen LogP contribution < -0.4 is 5.73 Å². The second kappa shape index (κ2) is 56.3. The minimum absolute atomic E-state index is 0.172. The molecule has 0 aromatic carbocycles. The number of hydrogen-bond donors (Lipinski definition) is 3. The molecule has 59 heavy (non-hydrogen) atoms. The molecule has 0 fully saturated rings. The summed E-state index contributed by atoms with van der Waals surface area (Å²) in [5, 5.41) is 18.3. The lowest BCUT2D eigenvalue weighted by Gasteiger charge is -2.07. The van der Waals surface area contributed by atoms with Gasteiger partial charge in [0.1, 0.15) is 0 Å². The van der Waals surface area contributed by atoms with Gasteiger partial charge >= 0.3 is 17.9 Å². The summed E-state index contributed by atoms with van der Waals surface area (Å²) in [7, 11) is 0. The Balaban J connectivity index is -0.000000803. The van der Waals surface area contributed by atoms with E-state index in [1.807, 2.05) is 0 Å². The Labute approximate surface area is 367 Å². The molecule has 0 bridgehead atoms. The van der Waals surface area contributed by atoms with Crippen LogP contribution in [0.3, 0.4) is 0 Å². The third kappa shape index (κ3) is 65.6. The SMILES string of the molecule is CCCCCCCCCCCCCCCC(=O)OC(C)=O.CCCCCCCCCCCCCCCCN.CCCCCC[C@@H](O)C/C=C\CCCCCCCC(=O)O. The Kier molecular flexibility index (Phi) is 58.7. The number of aliphatic hydroxyl groups is 1. The molecule has 0 aliphatic rings. The summed E-state index contributed by atoms with van der Waals surface area (Å²) < 4.78 is 4.48. The van der Waals surface area contributed by atoms with Crippen molar-refractivity contribution in [1.29, 1.82) is 0 Å². The fourth-order valence-electron chi connectivity index (χ4n) is 7.20. The zero-order chi connectivity index (χ0) is 44.1. The van der Waals surface area contributed by atoms with Crippen LogP contribution in [0.5, 0.6) is 0 Å². The van der Waals surface area contributed by atoms with Gasteiger partial charge in [-0.3, -0.25) is 14.4 Å². The maximum atomic E-state index is 11.1. The standard InChI is InChI=1S/2C18H34O3.C16H35N/c1-3-4-5-6-7-8-9-10-11-12-13-14-15-16-18(20)21-17(2)19;1-2-3-4-11-14-17(19)15-12-9-7-5-6-8-10-13-16-18(20)21;1-2-3-4-5-6-7-8-9-10-11-12-13-14-15-16-17/h3-16H2,1-2H3;9,12,17,19H,2-8,10-11,13-16H2,1H3,(H,20,21);2-17H2,1H3/b;12-9-;/t;17-;/m.1./s1. The van der Waals surface area contributed by atoms with Crippen LogP contribution in [-0.2, 0) is 19.1 Å². The Morgan fingerprint density at radius 3 is 1.19 bits per heavy atom. The summed E-state index contributed by atoms with van der Waals surface area (Å²) in [5.74, 6) is -1.58. The van der Waals surface area contributed by atoms with Gasteiger partial charge in [-0.1, -0.05) is 238 Å². The van der Waals surface area contributed by atoms with E-state index < -0.39 is 11.9 Å². The first-order chi connectivity index (χ1) is 28.7. The molecule has 0 amide bonds. The largest absolute Gasteiger partial charge is 0.481 e. The van der Waals surface area contributed by atoms with Crippen molar-refractivity contribution in [1.82, 2.24) is 0 Å². The highest BCUT2D eigenvalue weighted by atomic mass is 16.6. The smallest absolute Gasteiger partial charge is 0.313 e. The van der Waals surface area contributed by atoms with Crippen molar-refractivity contribution in [3.63, 3.8) is 0 Å². The lowest BCUT2D eigenvalue weighted by atomic mass is 10.0. The first-order valence-electron chi connectivity index (χ1n) is 25.7. The van der Waals surface area contributed by atoms with E-state index in [0.717, 1.165) is 70.8 Å². The van der Waals surface area contributed by atoms with Crippen molar-refractivity contribution in [2.45, 2.75) is 297 Å². The molecule has 0 aromatic heterocycles. The van der Waals surface area contributed by atoms with E-state index in [-0.39, 0.29) is 12.1 Å². The third-order valence-corrected chi connectivity index (χ3v) is 11.0. The minimum Gasteiger partial charge on any atom is -0.481 e. The first kappa shape index (κ1) is 61.6. The molecule has 7 nitrogen and oxygen atoms in total. The average Bonchev–Trinajstić information content (AvgIpc) is 3.21. The molecule has 4 N–H and O–H groups in total. The topological polar surface area (TPSA) is 127 Å². The normalized spacial score (nSPS) is 11.5. The summed E-state index contributed by atoms with van der Waals surface area (Å²) in [4.78, 5) is 32.0. The van der Waals surface area contributed by atoms with Gasteiger partial charge in [0.15, 0.2) is 0 Å². The number of rotatable bonds is 43. The monoisotopic (exact) mass is 838 g/mol. The number of nitrogens with two attached hydrogens (primary N) is 1. The van der Waals surface area contributed by atoms with Crippen LogP contribution in [-0.4, -0.2) is 40.8 Å². The number of carbonyl (C=O) groups excluding carboxylic acids is 2. The predicted molar refractivity (Wildman–Crippen MR) is 255 cm³/mol. The van der Waals surface area contributed by atoms with E-state index >= 15 is 0 Å². The molecule has 0 saturated carbocycles. The van der Waals surface area contributed by atoms with Gasteiger partial charge in [0.25, 0.3) is 0 Å². The van der Waals surface area contributed by atoms with Gasteiger partial charge in [0, 0.05) is 19.8 Å². The van der Waals surface area contributed by atoms with Crippen LogP contribution in [0.4, 0.5) is 0 Å². The van der Waals surface area contributed by atoms with E-state index in [1.54, 1.807) is 0 Å². The number of carboxylic acids is 1. The Hall–Kier alpha value is -1.73. The molecule has 0 heterocycles.